The molecular formula is C12H13N3. The van der Waals surface area contributed by atoms with Crippen molar-refractivity contribution in [1.29, 1.82) is 0 Å². The lowest BCUT2D eigenvalue weighted by atomic mass is 10.1. The summed E-state index contributed by atoms with van der Waals surface area (Å²) in [7, 11) is 0. The van der Waals surface area contributed by atoms with E-state index in [1.54, 1.807) is 6.20 Å². The van der Waals surface area contributed by atoms with Crippen LogP contribution >= 0.6 is 0 Å². The highest BCUT2D eigenvalue weighted by Gasteiger charge is 2.01. The highest BCUT2D eigenvalue weighted by atomic mass is 14.9. The second-order valence-electron chi connectivity index (χ2n) is 3.45. The molecule has 0 aliphatic heterocycles. The molecule has 3 nitrogen and oxygen atoms in total. The van der Waals surface area contributed by atoms with Crippen LogP contribution in [-0.2, 0) is 6.54 Å². The standard InChI is InChI=1S/C12H13N3/c1-9-3-2-4-10(7-9)12-14-6-5-11(8-13)15-12/h2-7H,8,13H2,1H3. The molecule has 15 heavy (non-hydrogen) atoms. The van der Waals surface area contributed by atoms with Crippen LogP contribution in [0.2, 0.25) is 0 Å². The van der Waals surface area contributed by atoms with Gasteiger partial charge in [0.2, 0.25) is 0 Å². The van der Waals surface area contributed by atoms with Gasteiger partial charge in [-0.05, 0) is 19.1 Å². The molecule has 0 saturated carbocycles. The Balaban J connectivity index is 2.44. The van der Waals surface area contributed by atoms with Crippen LogP contribution < -0.4 is 5.73 Å². The summed E-state index contributed by atoms with van der Waals surface area (Å²) in [4.78, 5) is 8.60. The SMILES string of the molecule is Cc1cccc(-c2nccc(CN)n2)c1. The van der Waals surface area contributed by atoms with Crippen molar-refractivity contribution in [3.8, 4) is 11.4 Å². The molecule has 76 valence electrons. The van der Waals surface area contributed by atoms with Crippen molar-refractivity contribution in [3.05, 3.63) is 47.8 Å². The number of nitrogens with two attached hydrogens (primary N) is 1. The van der Waals surface area contributed by atoms with E-state index in [0.717, 1.165) is 17.1 Å². The first-order valence-electron chi connectivity index (χ1n) is 4.88. The summed E-state index contributed by atoms with van der Waals surface area (Å²) in [5.41, 5.74) is 8.63. The monoisotopic (exact) mass is 199 g/mol. The number of benzene rings is 1. The summed E-state index contributed by atoms with van der Waals surface area (Å²) in [6, 6.07) is 9.96. The topological polar surface area (TPSA) is 51.8 Å². The summed E-state index contributed by atoms with van der Waals surface area (Å²) < 4.78 is 0. The van der Waals surface area contributed by atoms with Crippen molar-refractivity contribution in [2.24, 2.45) is 5.73 Å². The Morgan fingerprint density at radius 1 is 1.27 bits per heavy atom. The zero-order valence-corrected chi connectivity index (χ0v) is 8.64. The summed E-state index contributed by atoms with van der Waals surface area (Å²) in [5, 5.41) is 0. The van der Waals surface area contributed by atoms with Gasteiger partial charge in [0.05, 0.1) is 5.69 Å². The minimum absolute atomic E-state index is 0.446. The zero-order chi connectivity index (χ0) is 10.7. The highest BCUT2D eigenvalue weighted by Crippen LogP contribution is 2.15. The van der Waals surface area contributed by atoms with Crippen LogP contribution in [0.25, 0.3) is 11.4 Å². The zero-order valence-electron chi connectivity index (χ0n) is 8.64. The van der Waals surface area contributed by atoms with Gasteiger partial charge in [-0.15, -0.1) is 0 Å². The molecule has 0 saturated heterocycles. The Morgan fingerprint density at radius 2 is 2.13 bits per heavy atom. The first kappa shape index (κ1) is 9.80. The number of aromatic nitrogens is 2. The van der Waals surface area contributed by atoms with Crippen molar-refractivity contribution in [1.82, 2.24) is 9.97 Å². The van der Waals surface area contributed by atoms with E-state index >= 15 is 0 Å². The van der Waals surface area contributed by atoms with Gasteiger partial charge in [0.25, 0.3) is 0 Å². The Kier molecular flexibility index (Phi) is 2.74. The summed E-state index contributed by atoms with van der Waals surface area (Å²) in [6.07, 6.45) is 1.74. The van der Waals surface area contributed by atoms with Gasteiger partial charge < -0.3 is 5.73 Å². The summed E-state index contributed by atoms with van der Waals surface area (Å²) >= 11 is 0. The first-order chi connectivity index (χ1) is 7.29. The average molecular weight is 199 g/mol. The normalized spacial score (nSPS) is 10.3. The van der Waals surface area contributed by atoms with E-state index in [9.17, 15) is 0 Å². The quantitative estimate of drug-likeness (QED) is 0.803. The third-order valence-corrected chi connectivity index (χ3v) is 2.20. The lowest BCUT2D eigenvalue weighted by Gasteiger charge is -2.02. The third kappa shape index (κ3) is 2.19. The van der Waals surface area contributed by atoms with Crippen LogP contribution in [0.4, 0.5) is 0 Å². The fraction of sp³-hybridized carbons (Fsp3) is 0.167. The van der Waals surface area contributed by atoms with Gasteiger partial charge in [-0.2, -0.15) is 0 Å². The molecular weight excluding hydrogens is 186 g/mol. The maximum atomic E-state index is 5.54. The third-order valence-electron chi connectivity index (χ3n) is 2.20. The molecule has 0 bridgehead atoms. The van der Waals surface area contributed by atoms with Crippen molar-refractivity contribution >= 4 is 0 Å². The maximum absolute atomic E-state index is 5.54. The predicted molar refractivity (Wildman–Crippen MR) is 60.1 cm³/mol. The first-order valence-corrected chi connectivity index (χ1v) is 4.88. The highest BCUT2D eigenvalue weighted by molar-refractivity contribution is 5.55. The molecule has 0 aliphatic carbocycles. The molecule has 2 aromatic rings. The molecule has 1 aromatic heterocycles. The van der Waals surface area contributed by atoms with Gasteiger partial charge in [-0.3, -0.25) is 0 Å². The Bertz CT molecular complexity index is 466. The fourth-order valence-electron chi connectivity index (χ4n) is 1.43. The van der Waals surface area contributed by atoms with Crippen LogP contribution in [0, 0.1) is 6.92 Å². The smallest absolute Gasteiger partial charge is 0.159 e. The van der Waals surface area contributed by atoms with E-state index < -0.39 is 0 Å². The molecule has 3 heteroatoms. The molecule has 0 aliphatic rings. The molecule has 0 amide bonds. The Hall–Kier alpha value is -1.74. The largest absolute Gasteiger partial charge is 0.325 e. The number of hydrogen-bond acceptors (Lipinski definition) is 3. The van der Waals surface area contributed by atoms with Crippen molar-refractivity contribution in [2.45, 2.75) is 13.5 Å². The minimum atomic E-state index is 0.446. The van der Waals surface area contributed by atoms with Crippen LogP contribution in [0.3, 0.4) is 0 Å². The van der Waals surface area contributed by atoms with Gasteiger partial charge in [0.15, 0.2) is 5.82 Å². The number of hydrogen-bond donors (Lipinski definition) is 1. The number of nitrogens with zero attached hydrogens (tertiary/aromatic N) is 2. The second-order valence-corrected chi connectivity index (χ2v) is 3.45. The molecule has 0 spiro atoms. The second kappa shape index (κ2) is 4.19. The molecule has 0 radical (unpaired) electrons. The molecule has 0 unspecified atom stereocenters. The fourth-order valence-corrected chi connectivity index (χ4v) is 1.43. The van der Waals surface area contributed by atoms with E-state index in [4.69, 9.17) is 5.73 Å². The Labute approximate surface area is 89.0 Å². The van der Waals surface area contributed by atoms with E-state index in [-0.39, 0.29) is 0 Å². The van der Waals surface area contributed by atoms with Gasteiger partial charge in [-0.1, -0.05) is 23.8 Å². The summed E-state index contributed by atoms with van der Waals surface area (Å²) in [6.45, 7) is 2.50. The summed E-state index contributed by atoms with van der Waals surface area (Å²) in [5.74, 6) is 0.738. The van der Waals surface area contributed by atoms with Crippen molar-refractivity contribution < 1.29 is 0 Å². The van der Waals surface area contributed by atoms with Crippen LogP contribution in [-0.4, -0.2) is 9.97 Å². The van der Waals surface area contributed by atoms with Gasteiger partial charge in [0, 0.05) is 18.3 Å². The van der Waals surface area contributed by atoms with E-state index in [2.05, 4.69) is 29.0 Å². The molecule has 2 N–H and O–H groups in total. The van der Waals surface area contributed by atoms with Crippen LogP contribution in [0.15, 0.2) is 36.5 Å². The van der Waals surface area contributed by atoms with E-state index in [0.29, 0.717) is 6.54 Å². The van der Waals surface area contributed by atoms with Gasteiger partial charge >= 0.3 is 0 Å². The van der Waals surface area contributed by atoms with Crippen molar-refractivity contribution in [2.75, 3.05) is 0 Å². The lowest BCUT2D eigenvalue weighted by Crippen LogP contribution is -2.01. The lowest BCUT2D eigenvalue weighted by molar-refractivity contribution is 0.969. The Morgan fingerprint density at radius 3 is 2.87 bits per heavy atom. The van der Waals surface area contributed by atoms with E-state index in [1.807, 2.05) is 18.2 Å². The number of aryl methyl sites for hydroxylation is 1. The minimum Gasteiger partial charge on any atom is -0.325 e. The van der Waals surface area contributed by atoms with E-state index in [1.165, 1.54) is 5.56 Å². The maximum Gasteiger partial charge on any atom is 0.159 e. The molecule has 0 fully saturated rings. The molecule has 1 aromatic carbocycles. The van der Waals surface area contributed by atoms with Gasteiger partial charge in [-0.25, -0.2) is 9.97 Å². The van der Waals surface area contributed by atoms with Crippen LogP contribution in [0.5, 0.6) is 0 Å². The molecule has 2 rings (SSSR count). The van der Waals surface area contributed by atoms with Crippen molar-refractivity contribution in [3.63, 3.8) is 0 Å². The van der Waals surface area contributed by atoms with Crippen LogP contribution in [0.1, 0.15) is 11.3 Å². The molecule has 1 heterocycles. The predicted octanol–water partition coefficient (Wildman–Crippen LogP) is 1.91. The number of rotatable bonds is 2. The average Bonchev–Trinajstić information content (AvgIpc) is 2.29. The van der Waals surface area contributed by atoms with Gasteiger partial charge in [0.1, 0.15) is 0 Å². The molecule has 0 atom stereocenters.